The molecule has 0 aromatic heterocycles. The number of benzene rings is 1. The van der Waals surface area contributed by atoms with Crippen LogP contribution in [0.2, 0.25) is 0 Å². The Morgan fingerprint density at radius 3 is 2.89 bits per heavy atom. The van der Waals surface area contributed by atoms with E-state index in [-0.39, 0.29) is 17.5 Å². The summed E-state index contributed by atoms with van der Waals surface area (Å²) in [5.74, 6) is -0.790. The minimum Gasteiger partial charge on any atom is -0.478 e. The summed E-state index contributed by atoms with van der Waals surface area (Å²) in [7, 11) is 0. The smallest absolute Gasteiger partial charge is 0.335 e. The van der Waals surface area contributed by atoms with Crippen LogP contribution in [0, 0.1) is 0 Å². The van der Waals surface area contributed by atoms with Crippen molar-refractivity contribution in [2.45, 2.75) is 32.2 Å². The van der Waals surface area contributed by atoms with Crippen molar-refractivity contribution in [3.05, 3.63) is 35.4 Å². The minimum absolute atomic E-state index is 0.0387. The Labute approximate surface area is 106 Å². The third kappa shape index (κ3) is 2.37. The van der Waals surface area contributed by atoms with E-state index in [4.69, 9.17) is 5.11 Å². The van der Waals surface area contributed by atoms with Crippen LogP contribution in [0.25, 0.3) is 0 Å². The predicted molar refractivity (Wildman–Crippen MR) is 67.4 cm³/mol. The molecule has 4 nitrogen and oxygen atoms in total. The van der Waals surface area contributed by atoms with Crippen LogP contribution in [0.5, 0.6) is 0 Å². The first kappa shape index (κ1) is 12.6. The number of nitrogens with zero attached hydrogens (tertiary/aromatic N) is 1. The van der Waals surface area contributed by atoms with Crippen LogP contribution in [-0.4, -0.2) is 28.4 Å². The maximum Gasteiger partial charge on any atom is 0.335 e. The number of carboxylic acid groups (broad SMARTS) is 1. The van der Waals surface area contributed by atoms with Gasteiger partial charge in [0.05, 0.1) is 11.6 Å². The van der Waals surface area contributed by atoms with Crippen LogP contribution in [0.15, 0.2) is 24.3 Å². The molecule has 4 heteroatoms. The average Bonchev–Trinajstić information content (AvgIpc) is 2.87. The molecule has 1 fully saturated rings. The first-order valence-electron chi connectivity index (χ1n) is 6.26. The maximum atomic E-state index is 11.8. The van der Waals surface area contributed by atoms with Crippen molar-refractivity contribution < 1.29 is 14.7 Å². The molecule has 18 heavy (non-hydrogen) atoms. The number of rotatable bonds is 3. The maximum absolute atomic E-state index is 11.8. The van der Waals surface area contributed by atoms with E-state index >= 15 is 0 Å². The van der Waals surface area contributed by atoms with E-state index in [9.17, 15) is 9.59 Å². The molecule has 0 radical (unpaired) electrons. The Morgan fingerprint density at radius 1 is 1.44 bits per heavy atom. The first-order chi connectivity index (χ1) is 8.63. The lowest BCUT2D eigenvalue weighted by Gasteiger charge is -2.24. The predicted octanol–water partition coefficient (Wildman–Crippen LogP) is 2.46. The van der Waals surface area contributed by atoms with Gasteiger partial charge in [-0.05, 0) is 30.5 Å². The number of amides is 1. The van der Waals surface area contributed by atoms with Gasteiger partial charge in [-0.3, -0.25) is 4.79 Å². The topological polar surface area (TPSA) is 57.6 Å². The van der Waals surface area contributed by atoms with Gasteiger partial charge in [-0.15, -0.1) is 0 Å². The number of carboxylic acids is 1. The summed E-state index contributed by atoms with van der Waals surface area (Å²) >= 11 is 0. The second-order valence-corrected chi connectivity index (χ2v) is 4.53. The highest BCUT2D eigenvalue weighted by Gasteiger charge is 2.29. The van der Waals surface area contributed by atoms with Crippen LogP contribution in [0.4, 0.5) is 0 Å². The third-order valence-corrected chi connectivity index (χ3v) is 3.39. The molecule has 1 amide bonds. The summed E-state index contributed by atoms with van der Waals surface area (Å²) in [5.41, 5.74) is 1.21. The number of carbonyl (C=O) groups is 2. The molecule has 1 saturated heterocycles. The van der Waals surface area contributed by atoms with Gasteiger partial charge in [-0.2, -0.15) is 0 Å². The van der Waals surface area contributed by atoms with Gasteiger partial charge in [-0.1, -0.05) is 19.1 Å². The van der Waals surface area contributed by atoms with Crippen molar-refractivity contribution in [1.29, 1.82) is 0 Å². The number of hydrogen-bond donors (Lipinski definition) is 1. The molecule has 1 heterocycles. The fourth-order valence-corrected chi connectivity index (χ4v) is 2.49. The van der Waals surface area contributed by atoms with E-state index in [2.05, 4.69) is 0 Å². The monoisotopic (exact) mass is 247 g/mol. The van der Waals surface area contributed by atoms with E-state index < -0.39 is 5.97 Å². The van der Waals surface area contributed by atoms with Crippen molar-refractivity contribution in [3.8, 4) is 0 Å². The Hall–Kier alpha value is -1.84. The molecule has 1 N–H and O–H groups in total. The van der Waals surface area contributed by atoms with Crippen LogP contribution >= 0.6 is 0 Å². The van der Waals surface area contributed by atoms with Gasteiger partial charge in [0.15, 0.2) is 0 Å². The van der Waals surface area contributed by atoms with Gasteiger partial charge in [0.25, 0.3) is 0 Å². The molecule has 1 aliphatic heterocycles. The molecule has 1 atom stereocenters. The van der Waals surface area contributed by atoms with Crippen molar-refractivity contribution in [1.82, 2.24) is 4.90 Å². The Bertz CT molecular complexity index is 470. The van der Waals surface area contributed by atoms with Crippen LogP contribution in [0.3, 0.4) is 0 Å². The Kier molecular flexibility index (Phi) is 3.65. The lowest BCUT2D eigenvalue weighted by Crippen LogP contribution is -2.29. The summed E-state index contributed by atoms with van der Waals surface area (Å²) in [6.45, 7) is 2.63. The lowest BCUT2D eigenvalue weighted by atomic mass is 10.0. The standard InChI is InChI=1S/C14H17NO3/c1-2-13(16)15-8-4-7-12(15)10-5-3-6-11(9-10)14(17)18/h3,5-6,9,12H,2,4,7-8H2,1H3,(H,17,18). The van der Waals surface area contributed by atoms with Crippen LogP contribution in [-0.2, 0) is 4.79 Å². The first-order valence-corrected chi connectivity index (χ1v) is 6.26. The highest BCUT2D eigenvalue weighted by Crippen LogP contribution is 2.32. The Balaban J connectivity index is 2.27. The summed E-state index contributed by atoms with van der Waals surface area (Å²) in [6.07, 6.45) is 2.39. The summed E-state index contributed by atoms with van der Waals surface area (Å²) < 4.78 is 0. The third-order valence-electron chi connectivity index (χ3n) is 3.39. The van der Waals surface area contributed by atoms with Gasteiger partial charge in [0, 0.05) is 13.0 Å². The van der Waals surface area contributed by atoms with Crippen molar-refractivity contribution in [2.75, 3.05) is 6.54 Å². The van der Waals surface area contributed by atoms with Crippen LogP contribution in [0.1, 0.15) is 48.1 Å². The lowest BCUT2D eigenvalue weighted by molar-refractivity contribution is -0.131. The van der Waals surface area contributed by atoms with Crippen molar-refractivity contribution in [2.24, 2.45) is 0 Å². The normalized spacial score (nSPS) is 18.9. The molecule has 2 rings (SSSR count). The zero-order chi connectivity index (χ0) is 13.1. The molecule has 96 valence electrons. The largest absolute Gasteiger partial charge is 0.478 e. The average molecular weight is 247 g/mol. The molecule has 0 saturated carbocycles. The fraction of sp³-hybridized carbons (Fsp3) is 0.429. The van der Waals surface area contributed by atoms with Gasteiger partial charge in [0.1, 0.15) is 0 Å². The van der Waals surface area contributed by atoms with Crippen molar-refractivity contribution in [3.63, 3.8) is 0 Å². The molecule has 1 unspecified atom stereocenters. The van der Waals surface area contributed by atoms with Gasteiger partial charge >= 0.3 is 5.97 Å². The molecule has 0 spiro atoms. The summed E-state index contributed by atoms with van der Waals surface area (Å²) in [6, 6.07) is 6.93. The highest BCUT2D eigenvalue weighted by molar-refractivity contribution is 5.87. The fourth-order valence-electron chi connectivity index (χ4n) is 2.49. The number of likely N-dealkylation sites (tertiary alicyclic amines) is 1. The summed E-state index contributed by atoms with van der Waals surface area (Å²) in [5, 5.41) is 8.99. The highest BCUT2D eigenvalue weighted by atomic mass is 16.4. The van der Waals surface area contributed by atoms with E-state index in [0.717, 1.165) is 24.9 Å². The van der Waals surface area contributed by atoms with Gasteiger partial charge in [-0.25, -0.2) is 4.79 Å². The van der Waals surface area contributed by atoms with E-state index in [1.807, 2.05) is 17.9 Å². The van der Waals surface area contributed by atoms with E-state index in [1.54, 1.807) is 18.2 Å². The Morgan fingerprint density at radius 2 is 2.22 bits per heavy atom. The number of hydrogen-bond acceptors (Lipinski definition) is 2. The SMILES string of the molecule is CCC(=O)N1CCCC1c1cccc(C(=O)O)c1. The van der Waals surface area contributed by atoms with E-state index in [0.29, 0.717) is 6.42 Å². The molecular weight excluding hydrogens is 230 g/mol. The van der Waals surface area contributed by atoms with Gasteiger partial charge in [0.2, 0.25) is 5.91 Å². The van der Waals surface area contributed by atoms with Crippen LogP contribution < -0.4 is 0 Å². The number of carbonyl (C=O) groups excluding carboxylic acids is 1. The molecule has 0 aliphatic carbocycles. The van der Waals surface area contributed by atoms with E-state index in [1.165, 1.54) is 0 Å². The zero-order valence-electron chi connectivity index (χ0n) is 10.4. The number of aromatic carboxylic acids is 1. The quantitative estimate of drug-likeness (QED) is 0.892. The summed E-state index contributed by atoms with van der Waals surface area (Å²) in [4.78, 5) is 24.6. The molecule has 1 aromatic carbocycles. The van der Waals surface area contributed by atoms with Gasteiger partial charge < -0.3 is 10.0 Å². The second kappa shape index (κ2) is 5.21. The zero-order valence-corrected chi connectivity index (χ0v) is 10.4. The second-order valence-electron chi connectivity index (χ2n) is 4.53. The molecule has 0 bridgehead atoms. The minimum atomic E-state index is -0.928. The molecular formula is C14H17NO3. The van der Waals surface area contributed by atoms with Crippen molar-refractivity contribution >= 4 is 11.9 Å². The molecule has 1 aromatic rings. The molecule has 1 aliphatic rings.